The van der Waals surface area contributed by atoms with Crippen molar-refractivity contribution in [3.63, 3.8) is 0 Å². The van der Waals surface area contributed by atoms with Crippen LogP contribution in [0.25, 0.3) is 5.65 Å². The molecule has 1 atom stereocenters. The van der Waals surface area contributed by atoms with E-state index in [9.17, 15) is 0 Å². The second kappa shape index (κ2) is 5.31. The maximum absolute atomic E-state index is 4.71. The average Bonchev–Trinajstić information content (AvgIpc) is 2.97. The molecule has 0 bridgehead atoms. The van der Waals surface area contributed by atoms with Crippen molar-refractivity contribution in [1.29, 1.82) is 0 Å². The SMILES string of the molecule is CNCC1CCCN1Cc1cn2cc(C)ccc2n1. The topological polar surface area (TPSA) is 32.6 Å². The second-order valence-electron chi connectivity index (χ2n) is 5.53. The molecule has 1 saturated heterocycles. The molecule has 3 rings (SSSR count). The molecule has 0 spiro atoms. The van der Waals surface area contributed by atoms with Gasteiger partial charge in [-0.05, 0) is 45.0 Å². The summed E-state index contributed by atoms with van der Waals surface area (Å²) in [6.07, 6.45) is 6.91. The highest BCUT2D eigenvalue weighted by Gasteiger charge is 2.24. The Morgan fingerprint density at radius 3 is 3.11 bits per heavy atom. The summed E-state index contributed by atoms with van der Waals surface area (Å²) in [7, 11) is 2.03. The first-order valence-corrected chi connectivity index (χ1v) is 7.09. The lowest BCUT2D eigenvalue weighted by Crippen LogP contribution is -2.36. The zero-order chi connectivity index (χ0) is 13.2. The van der Waals surface area contributed by atoms with Crippen molar-refractivity contribution in [1.82, 2.24) is 19.6 Å². The standard InChI is InChI=1S/C15H22N4/c1-12-5-6-15-17-13(11-19(15)9-12)10-18-7-3-4-14(18)8-16-2/h5-6,9,11,14,16H,3-4,7-8,10H2,1-2H3. The van der Waals surface area contributed by atoms with Gasteiger partial charge in [0.05, 0.1) is 5.69 Å². The molecule has 4 nitrogen and oxygen atoms in total. The van der Waals surface area contributed by atoms with Crippen LogP contribution in [0.15, 0.2) is 24.5 Å². The summed E-state index contributed by atoms with van der Waals surface area (Å²) in [6.45, 7) is 5.35. The Morgan fingerprint density at radius 2 is 2.26 bits per heavy atom. The predicted octanol–water partition coefficient (Wildman–Crippen LogP) is 1.83. The molecule has 1 unspecified atom stereocenters. The van der Waals surface area contributed by atoms with E-state index in [-0.39, 0.29) is 0 Å². The normalized spacial score (nSPS) is 20.4. The van der Waals surface area contributed by atoms with Crippen molar-refractivity contribution >= 4 is 5.65 Å². The highest BCUT2D eigenvalue weighted by atomic mass is 15.2. The van der Waals surface area contributed by atoms with E-state index in [1.807, 2.05) is 7.05 Å². The molecule has 1 aliphatic rings. The number of likely N-dealkylation sites (N-methyl/N-ethyl adjacent to an activating group) is 1. The molecule has 0 amide bonds. The quantitative estimate of drug-likeness (QED) is 0.908. The van der Waals surface area contributed by atoms with E-state index in [1.54, 1.807) is 0 Å². The van der Waals surface area contributed by atoms with Crippen molar-refractivity contribution < 1.29 is 0 Å². The predicted molar refractivity (Wildman–Crippen MR) is 77.3 cm³/mol. The van der Waals surface area contributed by atoms with Crippen LogP contribution in [-0.4, -0.2) is 40.5 Å². The van der Waals surface area contributed by atoms with Crippen LogP contribution in [-0.2, 0) is 6.54 Å². The summed E-state index contributed by atoms with van der Waals surface area (Å²) >= 11 is 0. The summed E-state index contributed by atoms with van der Waals surface area (Å²) < 4.78 is 2.13. The van der Waals surface area contributed by atoms with Gasteiger partial charge in [-0.2, -0.15) is 0 Å². The van der Waals surface area contributed by atoms with Gasteiger partial charge in [0, 0.05) is 31.5 Å². The van der Waals surface area contributed by atoms with Gasteiger partial charge in [-0.1, -0.05) is 6.07 Å². The zero-order valence-electron chi connectivity index (χ0n) is 11.8. The second-order valence-corrected chi connectivity index (χ2v) is 5.53. The molecule has 102 valence electrons. The number of nitrogens with one attached hydrogen (secondary N) is 1. The van der Waals surface area contributed by atoms with E-state index in [4.69, 9.17) is 4.98 Å². The molecule has 2 aromatic rings. The van der Waals surface area contributed by atoms with Gasteiger partial charge in [-0.15, -0.1) is 0 Å². The van der Waals surface area contributed by atoms with Gasteiger partial charge in [0.2, 0.25) is 0 Å². The van der Waals surface area contributed by atoms with Gasteiger partial charge in [-0.3, -0.25) is 4.90 Å². The summed E-state index contributed by atoms with van der Waals surface area (Å²) in [6, 6.07) is 4.87. The summed E-state index contributed by atoms with van der Waals surface area (Å²) in [5.74, 6) is 0. The van der Waals surface area contributed by atoms with Crippen LogP contribution >= 0.6 is 0 Å². The minimum Gasteiger partial charge on any atom is -0.318 e. The molecular formula is C15H22N4. The summed E-state index contributed by atoms with van der Waals surface area (Å²) in [5.41, 5.74) is 3.49. The number of hydrogen-bond acceptors (Lipinski definition) is 3. The Hall–Kier alpha value is -1.39. The maximum atomic E-state index is 4.71. The third kappa shape index (κ3) is 2.65. The van der Waals surface area contributed by atoms with Crippen LogP contribution in [0.5, 0.6) is 0 Å². The Bertz CT molecular complexity index is 560. The fraction of sp³-hybridized carbons (Fsp3) is 0.533. The Labute approximate surface area is 114 Å². The number of imidazole rings is 1. The number of rotatable bonds is 4. The third-order valence-electron chi connectivity index (χ3n) is 3.95. The van der Waals surface area contributed by atoms with Crippen molar-refractivity contribution in [2.45, 2.75) is 32.4 Å². The molecule has 19 heavy (non-hydrogen) atoms. The number of pyridine rings is 1. The molecule has 0 saturated carbocycles. The minimum absolute atomic E-state index is 0.663. The van der Waals surface area contributed by atoms with Crippen LogP contribution in [0.2, 0.25) is 0 Å². The molecule has 0 aliphatic carbocycles. The molecule has 2 aromatic heterocycles. The fourth-order valence-corrected chi connectivity index (χ4v) is 3.01. The number of nitrogens with zero attached hydrogens (tertiary/aromatic N) is 3. The average molecular weight is 258 g/mol. The highest BCUT2D eigenvalue weighted by Crippen LogP contribution is 2.19. The third-order valence-corrected chi connectivity index (χ3v) is 3.95. The maximum Gasteiger partial charge on any atom is 0.137 e. The number of fused-ring (bicyclic) bond motifs is 1. The van der Waals surface area contributed by atoms with Gasteiger partial charge >= 0.3 is 0 Å². The first-order chi connectivity index (χ1) is 9.26. The Morgan fingerprint density at radius 1 is 1.37 bits per heavy atom. The van der Waals surface area contributed by atoms with E-state index >= 15 is 0 Å². The van der Waals surface area contributed by atoms with E-state index < -0.39 is 0 Å². The van der Waals surface area contributed by atoms with Crippen molar-refractivity contribution in [3.05, 3.63) is 35.8 Å². The van der Waals surface area contributed by atoms with Crippen LogP contribution < -0.4 is 5.32 Å². The Kier molecular flexibility index (Phi) is 3.53. The van der Waals surface area contributed by atoms with E-state index in [0.717, 1.165) is 18.7 Å². The van der Waals surface area contributed by atoms with Crippen molar-refractivity contribution in [2.75, 3.05) is 20.1 Å². The molecule has 1 aliphatic heterocycles. The number of aryl methyl sites for hydroxylation is 1. The molecule has 0 radical (unpaired) electrons. The van der Waals surface area contributed by atoms with Gasteiger partial charge in [0.25, 0.3) is 0 Å². The summed E-state index contributed by atoms with van der Waals surface area (Å²) in [5, 5.41) is 3.29. The molecule has 1 fully saturated rings. The van der Waals surface area contributed by atoms with Crippen LogP contribution in [0.4, 0.5) is 0 Å². The van der Waals surface area contributed by atoms with Crippen LogP contribution in [0, 0.1) is 6.92 Å². The van der Waals surface area contributed by atoms with E-state index in [0.29, 0.717) is 6.04 Å². The van der Waals surface area contributed by atoms with Gasteiger partial charge in [0.1, 0.15) is 5.65 Å². The number of likely N-dealkylation sites (tertiary alicyclic amines) is 1. The number of hydrogen-bond donors (Lipinski definition) is 1. The van der Waals surface area contributed by atoms with Crippen LogP contribution in [0.1, 0.15) is 24.1 Å². The first-order valence-electron chi connectivity index (χ1n) is 7.09. The minimum atomic E-state index is 0.663. The van der Waals surface area contributed by atoms with Gasteiger partial charge < -0.3 is 9.72 Å². The summed E-state index contributed by atoms with van der Waals surface area (Å²) in [4.78, 5) is 7.26. The molecule has 1 N–H and O–H groups in total. The largest absolute Gasteiger partial charge is 0.318 e. The highest BCUT2D eigenvalue weighted by molar-refractivity contribution is 5.41. The van der Waals surface area contributed by atoms with Gasteiger partial charge in [0.15, 0.2) is 0 Å². The molecule has 3 heterocycles. The smallest absolute Gasteiger partial charge is 0.137 e. The first kappa shape index (κ1) is 12.6. The zero-order valence-corrected chi connectivity index (χ0v) is 11.8. The molecular weight excluding hydrogens is 236 g/mol. The van der Waals surface area contributed by atoms with E-state index in [1.165, 1.54) is 30.6 Å². The number of aromatic nitrogens is 2. The molecule has 0 aromatic carbocycles. The Balaban J connectivity index is 1.77. The van der Waals surface area contributed by atoms with E-state index in [2.05, 4.69) is 46.1 Å². The molecule has 4 heteroatoms. The monoisotopic (exact) mass is 258 g/mol. The van der Waals surface area contributed by atoms with Crippen molar-refractivity contribution in [3.8, 4) is 0 Å². The van der Waals surface area contributed by atoms with Gasteiger partial charge in [-0.25, -0.2) is 4.98 Å². The van der Waals surface area contributed by atoms with Crippen molar-refractivity contribution in [2.24, 2.45) is 0 Å². The fourth-order valence-electron chi connectivity index (χ4n) is 3.01. The lowest BCUT2D eigenvalue weighted by atomic mass is 10.2. The lowest BCUT2D eigenvalue weighted by molar-refractivity contribution is 0.240. The lowest BCUT2D eigenvalue weighted by Gasteiger charge is -2.23. The van der Waals surface area contributed by atoms with Crippen LogP contribution in [0.3, 0.4) is 0 Å².